The molecule has 0 fully saturated rings. The van der Waals surface area contributed by atoms with E-state index in [4.69, 9.17) is 4.42 Å². The van der Waals surface area contributed by atoms with E-state index in [1.54, 1.807) is 6.26 Å². The second kappa shape index (κ2) is 4.31. The van der Waals surface area contributed by atoms with E-state index in [-0.39, 0.29) is 6.61 Å². The van der Waals surface area contributed by atoms with Crippen LogP contribution in [-0.2, 0) is 6.61 Å². The third-order valence-corrected chi connectivity index (χ3v) is 3.38. The Morgan fingerprint density at radius 3 is 2.83 bits per heavy atom. The first kappa shape index (κ1) is 11.1. The predicted octanol–water partition coefficient (Wildman–Crippen LogP) is 3.90. The molecule has 0 spiro atoms. The molecule has 0 atom stereocenters. The number of rotatable bonds is 2. The van der Waals surface area contributed by atoms with Gasteiger partial charge in [0.15, 0.2) is 0 Å². The van der Waals surface area contributed by atoms with Crippen molar-refractivity contribution in [3.8, 4) is 11.1 Å². The van der Waals surface area contributed by atoms with Gasteiger partial charge >= 0.3 is 0 Å². The van der Waals surface area contributed by atoms with E-state index in [0.717, 1.165) is 33.2 Å². The summed E-state index contributed by atoms with van der Waals surface area (Å²) in [6, 6.07) is 14.1. The van der Waals surface area contributed by atoms with E-state index in [9.17, 15) is 5.11 Å². The second-order valence-corrected chi connectivity index (χ2v) is 4.42. The fourth-order valence-electron chi connectivity index (χ4n) is 2.30. The lowest BCUT2D eigenvalue weighted by Gasteiger charge is -2.09. The Bertz CT molecular complexity index is 695. The highest BCUT2D eigenvalue weighted by Gasteiger charge is 2.06. The van der Waals surface area contributed by atoms with Gasteiger partial charge in [-0.1, -0.05) is 24.3 Å². The van der Waals surface area contributed by atoms with Gasteiger partial charge in [0, 0.05) is 5.39 Å². The average Bonchev–Trinajstić information content (AvgIpc) is 2.86. The van der Waals surface area contributed by atoms with Crippen LogP contribution in [0.2, 0.25) is 0 Å². The van der Waals surface area contributed by atoms with Crippen molar-refractivity contribution in [2.75, 3.05) is 0 Å². The SMILES string of the molecule is Cc1c(CO)cccc1-c1ccc2occc2c1. The highest BCUT2D eigenvalue weighted by molar-refractivity contribution is 5.84. The van der Waals surface area contributed by atoms with Gasteiger partial charge in [-0.05, 0) is 47.4 Å². The fourth-order valence-corrected chi connectivity index (χ4v) is 2.30. The van der Waals surface area contributed by atoms with E-state index >= 15 is 0 Å². The molecule has 2 heteroatoms. The Balaban J connectivity index is 2.19. The van der Waals surface area contributed by atoms with Crippen LogP contribution >= 0.6 is 0 Å². The topological polar surface area (TPSA) is 33.4 Å². The molecular weight excluding hydrogens is 224 g/mol. The third kappa shape index (κ3) is 1.71. The van der Waals surface area contributed by atoms with Crippen molar-refractivity contribution in [1.82, 2.24) is 0 Å². The number of aliphatic hydroxyl groups is 1. The standard InChI is InChI=1S/C16H14O2/c1-11-14(10-17)3-2-4-15(11)12-5-6-16-13(9-12)7-8-18-16/h2-9,17H,10H2,1H3. The smallest absolute Gasteiger partial charge is 0.133 e. The highest BCUT2D eigenvalue weighted by atomic mass is 16.3. The maximum absolute atomic E-state index is 9.31. The van der Waals surface area contributed by atoms with Gasteiger partial charge in [-0.25, -0.2) is 0 Å². The van der Waals surface area contributed by atoms with Gasteiger partial charge in [-0.3, -0.25) is 0 Å². The molecule has 3 rings (SSSR count). The summed E-state index contributed by atoms with van der Waals surface area (Å²) >= 11 is 0. The summed E-state index contributed by atoms with van der Waals surface area (Å²) in [7, 11) is 0. The molecule has 2 nitrogen and oxygen atoms in total. The molecule has 0 saturated heterocycles. The summed E-state index contributed by atoms with van der Waals surface area (Å²) in [6.07, 6.45) is 1.70. The van der Waals surface area contributed by atoms with E-state index < -0.39 is 0 Å². The van der Waals surface area contributed by atoms with Crippen molar-refractivity contribution >= 4 is 11.0 Å². The van der Waals surface area contributed by atoms with Gasteiger partial charge in [0.05, 0.1) is 12.9 Å². The summed E-state index contributed by atoms with van der Waals surface area (Å²) in [4.78, 5) is 0. The van der Waals surface area contributed by atoms with E-state index in [1.807, 2.05) is 31.2 Å². The van der Waals surface area contributed by atoms with Crippen molar-refractivity contribution in [2.24, 2.45) is 0 Å². The molecule has 0 unspecified atom stereocenters. The van der Waals surface area contributed by atoms with Gasteiger partial charge < -0.3 is 9.52 Å². The minimum absolute atomic E-state index is 0.0770. The zero-order chi connectivity index (χ0) is 12.5. The lowest BCUT2D eigenvalue weighted by molar-refractivity contribution is 0.281. The Morgan fingerprint density at radius 1 is 1.11 bits per heavy atom. The van der Waals surface area contributed by atoms with Gasteiger partial charge in [-0.2, -0.15) is 0 Å². The Morgan fingerprint density at radius 2 is 2.00 bits per heavy atom. The number of benzene rings is 2. The van der Waals surface area contributed by atoms with Crippen LogP contribution in [-0.4, -0.2) is 5.11 Å². The second-order valence-electron chi connectivity index (χ2n) is 4.42. The van der Waals surface area contributed by atoms with Crippen LogP contribution in [0.4, 0.5) is 0 Å². The minimum Gasteiger partial charge on any atom is -0.464 e. The van der Waals surface area contributed by atoms with Gasteiger partial charge in [0.2, 0.25) is 0 Å². The molecule has 90 valence electrons. The van der Waals surface area contributed by atoms with Crippen LogP contribution in [0.15, 0.2) is 53.1 Å². The number of hydrogen-bond acceptors (Lipinski definition) is 2. The molecule has 0 bridgehead atoms. The van der Waals surface area contributed by atoms with Crippen molar-refractivity contribution in [3.63, 3.8) is 0 Å². The molecular formula is C16H14O2. The fraction of sp³-hybridized carbons (Fsp3) is 0.125. The van der Waals surface area contributed by atoms with Crippen LogP contribution in [0.3, 0.4) is 0 Å². The molecule has 1 N–H and O–H groups in total. The predicted molar refractivity (Wildman–Crippen MR) is 72.3 cm³/mol. The van der Waals surface area contributed by atoms with Crippen molar-refractivity contribution < 1.29 is 9.52 Å². The van der Waals surface area contributed by atoms with Crippen LogP contribution in [0, 0.1) is 6.92 Å². The number of hydrogen-bond donors (Lipinski definition) is 1. The zero-order valence-electron chi connectivity index (χ0n) is 10.2. The summed E-state index contributed by atoms with van der Waals surface area (Å²) in [5, 5.41) is 10.4. The third-order valence-electron chi connectivity index (χ3n) is 3.38. The number of furan rings is 1. The summed E-state index contributed by atoms with van der Waals surface area (Å²) in [5.74, 6) is 0. The normalized spacial score (nSPS) is 11.0. The monoisotopic (exact) mass is 238 g/mol. The van der Waals surface area contributed by atoms with E-state index in [2.05, 4.69) is 18.2 Å². The largest absolute Gasteiger partial charge is 0.464 e. The van der Waals surface area contributed by atoms with Crippen LogP contribution < -0.4 is 0 Å². The lowest BCUT2D eigenvalue weighted by Crippen LogP contribution is -1.91. The maximum atomic E-state index is 9.31. The summed E-state index contributed by atoms with van der Waals surface area (Å²) < 4.78 is 5.34. The molecule has 3 aromatic rings. The molecule has 0 aliphatic carbocycles. The molecule has 0 aliphatic heterocycles. The average molecular weight is 238 g/mol. The minimum atomic E-state index is 0.0770. The van der Waals surface area contributed by atoms with Crippen molar-refractivity contribution in [1.29, 1.82) is 0 Å². The van der Waals surface area contributed by atoms with Gasteiger partial charge in [0.1, 0.15) is 5.58 Å². The van der Waals surface area contributed by atoms with Gasteiger partial charge in [0.25, 0.3) is 0 Å². The zero-order valence-corrected chi connectivity index (χ0v) is 10.2. The Hall–Kier alpha value is -2.06. The molecule has 2 aromatic carbocycles. The van der Waals surface area contributed by atoms with Gasteiger partial charge in [-0.15, -0.1) is 0 Å². The van der Waals surface area contributed by atoms with Crippen LogP contribution in [0.25, 0.3) is 22.1 Å². The molecule has 1 aromatic heterocycles. The molecule has 18 heavy (non-hydrogen) atoms. The number of fused-ring (bicyclic) bond motifs is 1. The first-order chi connectivity index (χ1) is 8.79. The number of aliphatic hydroxyl groups excluding tert-OH is 1. The molecule has 0 aliphatic rings. The van der Waals surface area contributed by atoms with Crippen molar-refractivity contribution in [3.05, 3.63) is 59.9 Å². The summed E-state index contributed by atoms with van der Waals surface area (Å²) in [5.41, 5.74) is 5.30. The van der Waals surface area contributed by atoms with E-state index in [0.29, 0.717) is 0 Å². The Labute approximate surface area is 105 Å². The lowest BCUT2D eigenvalue weighted by atomic mass is 9.96. The molecule has 1 heterocycles. The molecule has 0 saturated carbocycles. The first-order valence-corrected chi connectivity index (χ1v) is 5.96. The summed E-state index contributed by atoms with van der Waals surface area (Å²) in [6.45, 7) is 2.12. The quantitative estimate of drug-likeness (QED) is 0.734. The molecule has 0 radical (unpaired) electrons. The molecule has 0 amide bonds. The van der Waals surface area contributed by atoms with Crippen LogP contribution in [0.1, 0.15) is 11.1 Å². The van der Waals surface area contributed by atoms with E-state index in [1.165, 1.54) is 0 Å². The highest BCUT2D eigenvalue weighted by Crippen LogP contribution is 2.29. The van der Waals surface area contributed by atoms with Crippen molar-refractivity contribution in [2.45, 2.75) is 13.5 Å². The van der Waals surface area contributed by atoms with Crippen LogP contribution in [0.5, 0.6) is 0 Å². The first-order valence-electron chi connectivity index (χ1n) is 5.96. The maximum Gasteiger partial charge on any atom is 0.133 e. The Kier molecular flexibility index (Phi) is 2.65.